The molecule has 0 radical (unpaired) electrons. The number of fused-ring (bicyclic) bond motifs is 1. The Morgan fingerprint density at radius 1 is 1.23 bits per heavy atom. The van der Waals surface area contributed by atoms with Gasteiger partial charge in [0.05, 0.1) is 6.10 Å². The SMILES string of the molecule is C[C@H]1O[C@@H]2OC(C)(C)O[C@@H]2[C@H]1OC(=O)/C=C/c1ccccc1. The van der Waals surface area contributed by atoms with E-state index in [2.05, 4.69) is 0 Å². The van der Waals surface area contributed by atoms with Crippen LogP contribution in [0.3, 0.4) is 0 Å². The molecule has 4 atom stereocenters. The fourth-order valence-corrected chi connectivity index (χ4v) is 2.71. The third kappa shape index (κ3) is 3.21. The van der Waals surface area contributed by atoms with Crippen LogP contribution in [0.2, 0.25) is 0 Å². The molecule has 1 aromatic carbocycles. The molecule has 22 heavy (non-hydrogen) atoms. The van der Waals surface area contributed by atoms with Gasteiger partial charge in [0.2, 0.25) is 0 Å². The molecule has 1 aromatic rings. The number of hydrogen-bond acceptors (Lipinski definition) is 5. The third-order valence-corrected chi connectivity index (χ3v) is 3.69. The van der Waals surface area contributed by atoms with Gasteiger partial charge in [0.15, 0.2) is 24.3 Å². The molecule has 5 nitrogen and oxygen atoms in total. The van der Waals surface area contributed by atoms with E-state index in [0.29, 0.717) is 0 Å². The Kier molecular flexibility index (Phi) is 4.04. The van der Waals surface area contributed by atoms with Gasteiger partial charge in [-0.2, -0.15) is 0 Å². The molecule has 0 spiro atoms. The van der Waals surface area contributed by atoms with E-state index in [1.54, 1.807) is 6.08 Å². The second kappa shape index (κ2) is 5.83. The zero-order valence-corrected chi connectivity index (χ0v) is 12.9. The molecule has 0 unspecified atom stereocenters. The molecule has 0 aromatic heterocycles. The minimum absolute atomic E-state index is 0.264. The summed E-state index contributed by atoms with van der Waals surface area (Å²) in [4.78, 5) is 12.0. The second-order valence-corrected chi connectivity index (χ2v) is 5.96. The van der Waals surface area contributed by atoms with E-state index in [0.717, 1.165) is 5.56 Å². The van der Waals surface area contributed by atoms with Crippen LogP contribution in [0.15, 0.2) is 36.4 Å². The minimum atomic E-state index is -0.722. The van der Waals surface area contributed by atoms with Gasteiger partial charge in [0.25, 0.3) is 0 Å². The summed E-state index contributed by atoms with van der Waals surface area (Å²) in [7, 11) is 0. The highest BCUT2D eigenvalue weighted by molar-refractivity contribution is 5.87. The Morgan fingerprint density at radius 2 is 1.95 bits per heavy atom. The maximum atomic E-state index is 12.0. The monoisotopic (exact) mass is 304 g/mol. The van der Waals surface area contributed by atoms with Crippen LogP contribution in [0.1, 0.15) is 26.3 Å². The predicted molar refractivity (Wildman–Crippen MR) is 79.7 cm³/mol. The van der Waals surface area contributed by atoms with Gasteiger partial charge in [-0.3, -0.25) is 0 Å². The van der Waals surface area contributed by atoms with Crippen molar-refractivity contribution in [1.82, 2.24) is 0 Å². The van der Waals surface area contributed by atoms with Crippen molar-refractivity contribution in [2.45, 2.75) is 51.2 Å². The van der Waals surface area contributed by atoms with E-state index in [4.69, 9.17) is 18.9 Å². The third-order valence-electron chi connectivity index (χ3n) is 3.69. The molecule has 3 rings (SSSR count). The molecule has 0 aliphatic carbocycles. The van der Waals surface area contributed by atoms with Gasteiger partial charge in [0.1, 0.15) is 0 Å². The lowest BCUT2D eigenvalue weighted by Gasteiger charge is -2.23. The Hall–Kier alpha value is -1.69. The van der Waals surface area contributed by atoms with Crippen LogP contribution in [0.4, 0.5) is 0 Å². The van der Waals surface area contributed by atoms with Crippen molar-refractivity contribution in [2.75, 3.05) is 0 Å². The number of carbonyl (C=O) groups is 1. The summed E-state index contributed by atoms with van der Waals surface area (Å²) in [6.45, 7) is 5.47. The molecule has 2 aliphatic rings. The molecule has 0 saturated carbocycles. The van der Waals surface area contributed by atoms with Gasteiger partial charge in [0, 0.05) is 6.08 Å². The van der Waals surface area contributed by atoms with E-state index in [1.807, 2.05) is 51.1 Å². The van der Waals surface area contributed by atoms with Gasteiger partial charge in [-0.25, -0.2) is 4.79 Å². The topological polar surface area (TPSA) is 54.0 Å². The first kappa shape index (κ1) is 15.2. The molecule has 2 saturated heterocycles. The summed E-state index contributed by atoms with van der Waals surface area (Å²) >= 11 is 0. The van der Waals surface area contributed by atoms with Gasteiger partial charge in [-0.05, 0) is 32.4 Å². The zero-order chi connectivity index (χ0) is 15.7. The summed E-state index contributed by atoms with van der Waals surface area (Å²) in [6.07, 6.45) is 1.52. The van der Waals surface area contributed by atoms with E-state index in [9.17, 15) is 4.79 Å². The van der Waals surface area contributed by atoms with E-state index >= 15 is 0 Å². The lowest BCUT2D eigenvalue weighted by Crippen LogP contribution is -2.36. The Labute approximate surface area is 129 Å². The average Bonchev–Trinajstić information content (AvgIpc) is 2.91. The van der Waals surface area contributed by atoms with Crippen molar-refractivity contribution in [3.8, 4) is 0 Å². The van der Waals surface area contributed by atoms with Crippen LogP contribution >= 0.6 is 0 Å². The van der Waals surface area contributed by atoms with Crippen LogP contribution in [-0.2, 0) is 23.7 Å². The first-order valence-corrected chi connectivity index (χ1v) is 7.39. The number of rotatable bonds is 3. The quantitative estimate of drug-likeness (QED) is 0.634. The van der Waals surface area contributed by atoms with Crippen LogP contribution < -0.4 is 0 Å². The molecule has 2 fully saturated rings. The van der Waals surface area contributed by atoms with Crippen molar-refractivity contribution >= 4 is 12.0 Å². The zero-order valence-electron chi connectivity index (χ0n) is 12.9. The highest BCUT2D eigenvalue weighted by Crippen LogP contribution is 2.38. The molecule has 2 aliphatic heterocycles. The summed E-state index contributed by atoms with van der Waals surface area (Å²) in [5.41, 5.74) is 0.939. The summed E-state index contributed by atoms with van der Waals surface area (Å²) in [5, 5.41) is 0. The minimum Gasteiger partial charge on any atom is -0.453 e. The van der Waals surface area contributed by atoms with Crippen LogP contribution in [0.25, 0.3) is 6.08 Å². The van der Waals surface area contributed by atoms with Crippen LogP contribution in [-0.4, -0.2) is 36.4 Å². The maximum Gasteiger partial charge on any atom is 0.331 e. The molecular weight excluding hydrogens is 284 g/mol. The molecule has 118 valence electrons. The molecule has 0 N–H and O–H groups in total. The fourth-order valence-electron chi connectivity index (χ4n) is 2.71. The Bertz CT molecular complexity index is 566. The van der Waals surface area contributed by atoms with E-state index < -0.39 is 24.2 Å². The summed E-state index contributed by atoms with van der Waals surface area (Å²) in [5.74, 6) is -1.14. The molecule has 2 heterocycles. The highest BCUT2D eigenvalue weighted by Gasteiger charge is 2.55. The average molecular weight is 304 g/mol. The van der Waals surface area contributed by atoms with Gasteiger partial charge in [-0.15, -0.1) is 0 Å². The summed E-state index contributed by atoms with van der Waals surface area (Å²) in [6, 6.07) is 9.57. The molecule has 0 bridgehead atoms. The van der Waals surface area contributed by atoms with Crippen LogP contribution in [0, 0.1) is 0 Å². The number of carbonyl (C=O) groups excluding carboxylic acids is 1. The van der Waals surface area contributed by atoms with Crippen molar-refractivity contribution < 1.29 is 23.7 Å². The number of benzene rings is 1. The first-order valence-electron chi connectivity index (χ1n) is 7.39. The lowest BCUT2D eigenvalue weighted by molar-refractivity contribution is -0.215. The highest BCUT2D eigenvalue weighted by atomic mass is 16.8. The van der Waals surface area contributed by atoms with Gasteiger partial charge >= 0.3 is 5.97 Å². The van der Waals surface area contributed by atoms with Gasteiger partial charge in [-0.1, -0.05) is 30.3 Å². The van der Waals surface area contributed by atoms with E-state index in [-0.39, 0.29) is 12.2 Å². The van der Waals surface area contributed by atoms with E-state index in [1.165, 1.54) is 6.08 Å². The summed E-state index contributed by atoms with van der Waals surface area (Å²) < 4.78 is 22.5. The number of esters is 1. The van der Waals surface area contributed by atoms with Crippen LogP contribution in [0.5, 0.6) is 0 Å². The van der Waals surface area contributed by atoms with Crippen molar-refractivity contribution in [3.63, 3.8) is 0 Å². The number of hydrogen-bond donors (Lipinski definition) is 0. The van der Waals surface area contributed by atoms with Crippen molar-refractivity contribution in [3.05, 3.63) is 42.0 Å². The lowest BCUT2D eigenvalue weighted by atomic mass is 10.1. The van der Waals surface area contributed by atoms with Gasteiger partial charge < -0.3 is 18.9 Å². The Morgan fingerprint density at radius 3 is 2.68 bits per heavy atom. The number of ether oxygens (including phenoxy) is 4. The second-order valence-electron chi connectivity index (χ2n) is 5.96. The molecule has 5 heteroatoms. The van der Waals surface area contributed by atoms with Crippen molar-refractivity contribution in [1.29, 1.82) is 0 Å². The smallest absolute Gasteiger partial charge is 0.331 e. The molecule has 0 amide bonds. The molecular formula is C17H20O5. The first-order chi connectivity index (χ1) is 10.4. The maximum absolute atomic E-state index is 12.0. The Balaban J connectivity index is 1.62. The predicted octanol–water partition coefficient (Wildman–Crippen LogP) is 2.51. The van der Waals surface area contributed by atoms with Crippen molar-refractivity contribution in [2.24, 2.45) is 0 Å². The largest absolute Gasteiger partial charge is 0.453 e. The standard InChI is InChI=1S/C17H20O5/c1-11-14(15-16(19-11)22-17(2,3)21-15)20-13(18)10-9-12-7-5-4-6-8-12/h4-11,14-16H,1-3H3/b10-9+/t11-,14+,15-,16-/m1/s1. The fraction of sp³-hybridized carbons (Fsp3) is 0.471. The normalized spacial score (nSPS) is 33.0.